The van der Waals surface area contributed by atoms with E-state index in [-0.39, 0.29) is 0 Å². The van der Waals surface area contributed by atoms with E-state index in [1.54, 1.807) is 0 Å². The molecule has 1 aromatic rings. The lowest BCUT2D eigenvalue weighted by Gasteiger charge is -2.32. The normalized spacial score (nSPS) is 21.6. The molecule has 1 atom stereocenters. The van der Waals surface area contributed by atoms with Gasteiger partial charge in [0.1, 0.15) is 5.82 Å². The van der Waals surface area contributed by atoms with Crippen LogP contribution in [0.2, 0.25) is 0 Å². The van der Waals surface area contributed by atoms with Crippen molar-refractivity contribution in [3.05, 3.63) is 23.8 Å². The first-order valence-electron chi connectivity index (χ1n) is 6.51. The van der Waals surface area contributed by atoms with Gasteiger partial charge >= 0.3 is 0 Å². The van der Waals surface area contributed by atoms with Crippen molar-refractivity contribution in [1.29, 1.82) is 0 Å². The lowest BCUT2D eigenvalue weighted by Crippen LogP contribution is -2.50. The van der Waals surface area contributed by atoms with Crippen LogP contribution in [0.1, 0.15) is 24.9 Å². The summed E-state index contributed by atoms with van der Waals surface area (Å²) in [7, 11) is 2.18. The second-order valence-corrected chi connectivity index (χ2v) is 4.76. The molecule has 1 aliphatic rings. The van der Waals surface area contributed by atoms with Crippen LogP contribution in [-0.4, -0.2) is 47.6 Å². The van der Waals surface area contributed by atoms with E-state index in [0.29, 0.717) is 6.04 Å². The summed E-state index contributed by atoms with van der Waals surface area (Å²) in [5, 5.41) is 3.43. The second kappa shape index (κ2) is 6.07. The molecule has 0 aromatic carbocycles. The molecule has 17 heavy (non-hydrogen) atoms. The number of likely N-dealkylation sites (N-methyl/N-ethyl adjacent to an activating group) is 1. The van der Waals surface area contributed by atoms with Gasteiger partial charge in [-0.25, -0.2) is 9.97 Å². The van der Waals surface area contributed by atoms with Gasteiger partial charge in [-0.2, -0.15) is 0 Å². The van der Waals surface area contributed by atoms with Crippen LogP contribution >= 0.6 is 0 Å². The number of aromatic nitrogens is 2. The Balaban J connectivity index is 1.99. The molecule has 0 spiro atoms. The number of nitrogens with zero attached hydrogens (tertiary/aromatic N) is 3. The van der Waals surface area contributed by atoms with Crippen LogP contribution in [-0.2, 0) is 12.8 Å². The summed E-state index contributed by atoms with van der Waals surface area (Å²) >= 11 is 0. The third kappa shape index (κ3) is 3.48. The molecule has 1 saturated heterocycles. The fraction of sp³-hybridized carbons (Fsp3) is 0.692. The molecule has 2 rings (SSSR count). The quantitative estimate of drug-likeness (QED) is 0.839. The Kier molecular flexibility index (Phi) is 4.45. The van der Waals surface area contributed by atoms with Gasteiger partial charge < -0.3 is 10.2 Å². The Morgan fingerprint density at radius 1 is 1.53 bits per heavy atom. The highest BCUT2D eigenvalue weighted by atomic mass is 15.2. The van der Waals surface area contributed by atoms with Gasteiger partial charge in [0.05, 0.1) is 0 Å². The molecular weight excluding hydrogens is 212 g/mol. The number of rotatable bonds is 4. The summed E-state index contributed by atoms with van der Waals surface area (Å²) in [6.45, 7) is 5.42. The summed E-state index contributed by atoms with van der Waals surface area (Å²) in [6, 6.07) is 2.55. The van der Waals surface area contributed by atoms with Crippen molar-refractivity contribution in [2.75, 3.05) is 26.7 Å². The molecule has 0 radical (unpaired) electrons. The van der Waals surface area contributed by atoms with Crippen molar-refractivity contribution < 1.29 is 0 Å². The van der Waals surface area contributed by atoms with E-state index in [1.807, 2.05) is 12.3 Å². The molecule has 94 valence electrons. The Morgan fingerprint density at radius 3 is 3.18 bits per heavy atom. The zero-order valence-electron chi connectivity index (χ0n) is 10.8. The SMILES string of the molecule is CCCc1ccnc(CC2CNCCN2C)n1. The van der Waals surface area contributed by atoms with E-state index in [9.17, 15) is 0 Å². The highest BCUT2D eigenvalue weighted by Crippen LogP contribution is 2.07. The summed E-state index contributed by atoms with van der Waals surface area (Å²) in [5.41, 5.74) is 1.17. The Labute approximate surface area is 103 Å². The van der Waals surface area contributed by atoms with Crippen LogP contribution in [0, 0.1) is 0 Å². The van der Waals surface area contributed by atoms with Crippen molar-refractivity contribution in [3.8, 4) is 0 Å². The van der Waals surface area contributed by atoms with E-state index in [1.165, 1.54) is 5.69 Å². The number of hydrogen-bond acceptors (Lipinski definition) is 4. The number of piperazine rings is 1. The molecule has 4 heteroatoms. The maximum absolute atomic E-state index is 4.63. The predicted octanol–water partition coefficient (Wildman–Crippen LogP) is 0.875. The molecule has 1 fully saturated rings. The molecule has 4 nitrogen and oxygen atoms in total. The molecule has 0 aliphatic carbocycles. The monoisotopic (exact) mass is 234 g/mol. The second-order valence-electron chi connectivity index (χ2n) is 4.76. The summed E-state index contributed by atoms with van der Waals surface area (Å²) < 4.78 is 0. The largest absolute Gasteiger partial charge is 0.314 e. The molecular formula is C13H22N4. The van der Waals surface area contributed by atoms with Gasteiger partial charge in [-0.05, 0) is 19.5 Å². The highest BCUT2D eigenvalue weighted by Gasteiger charge is 2.19. The minimum Gasteiger partial charge on any atom is -0.314 e. The van der Waals surface area contributed by atoms with Gasteiger partial charge in [0.25, 0.3) is 0 Å². The Bertz CT molecular complexity index is 353. The average Bonchev–Trinajstić information content (AvgIpc) is 2.33. The van der Waals surface area contributed by atoms with Crippen molar-refractivity contribution in [2.24, 2.45) is 0 Å². The van der Waals surface area contributed by atoms with Crippen LogP contribution in [0.5, 0.6) is 0 Å². The van der Waals surface area contributed by atoms with Gasteiger partial charge in [-0.1, -0.05) is 13.3 Å². The van der Waals surface area contributed by atoms with Gasteiger partial charge in [0.15, 0.2) is 0 Å². The lowest BCUT2D eigenvalue weighted by molar-refractivity contribution is 0.197. The molecule has 1 unspecified atom stereocenters. The molecule has 0 amide bonds. The third-order valence-electron chi connectivity index (χ3n) is 3.33. The number of hydrogen-bond donors (Lipinski definition) is 1. The van der Waals surface area contributed by atoms with Gasteiger partial charge in [-0.15, -0.1) is 0 Å². The topological polar surface area (TPSA) is 41.1 Å². The van der Waals surface area contributed by atoms with E-state index in [0.717, 1.165) is 44.7 Å². The van der Waals surface area contributed by atoms with E-state index in [4.69, 9.17) is 0 Å². The zero-order chi connectivity index (χ0) is 12.1. The maximum atomic E-state index is 4.63. The fourth-order valence-corrected chi connectivity index (χ4v) is 2.24. The number of aryl methyl sites for hydroxylation is 1. The first-order chi connectivity index (χ1) is 8.29. The smallest absolute Gasteiger partial charge is 0.130 e. The van der Waals surface area contributed by atoms with Crippen molar-refractivity contribution in [2.45, 2.75) is 32.2 Å². The van der Waals surface area contributed by atoms with Crippen molar-refractivity contribution in [1.82, 2.24) is 20.2 Å². The minimum atomic E-state index is 0.528. The average molecular weight is 234 g/mol. The highest BCUT2D eigenvalue weighted by molar-refractivity contribution is 5.04. The van der Waals surface area contributed by atoms with Gasteiger partial charge in [0, 0.05) is 44.0 Å². The molecule has 2 heterocycles. The molecule has 0 saturated carbocycles. The summed E-state index contributed by atoms with van der Waals surface area (Å²) in [4.78, 5) is 11.4. The van der Waals surface area contributed by atoms with E-state index in [2.05, 4.69) is 34.2 Å². The van der Waals surface area contributed by atoms with Crippen LogP contribution in [0.15, 0.2) is 12.3 Å². The number of nitrogens with one attached hydrogen (secondary N) is 1. The Morgan fingerprint density at radius 2 is 2.41 bits per heavy atom. The van der Waals surface area contributed by atoms with Crippen molar-refractivity contribution in [3.63, 3.8) is 0 Å². The predicted molar refractivity (Wildman–Crippen MR) is 69.0 cm³/mol. The van der Waals surface area contributed by atoms with Crippen molar-refractivity contribution >= 4 is 0 Å². The summed E-state index contributed by atoms with van der Waals surface area (Å²) in [5.74, 6) is 0.983. The standard InChI is InChI=1S/C13H22N4/c1-3-4-11-5-6-15-13(16-11)9-12-10-14-7-8-17(12)2/h5-6,12,14H,3-4,7-10H2,1-2H3. The zero-order valence-corrected chi connectivity index (χ0v) is 10.8. The maximum Gasteiger partial charge on any atom is 0.130 e. The first kappa shape index (κ1) is 12.5. The van der Waals surface area contributed by atoms with Gasteiger partial charge in [-0.3, -0.25) is 0 Å². The van der Waals surface area contributed by atoms with E-state index < -0.39 is 0 Å². The van der Waals surface area contributed by atoms with Gasteiger partial charge in [0.2, 0.25) is 0 Å². The minimum absolute atomic E-state index is 0.528. The molecule has 0 bridgehead atoms. The summed E-state index contributed by atoms with van der Waals surface area (Å²) in [6.07, 6.45) is 5.03. The fourth-order valence-electron chi connectivity index (χ4n) is 2.24. The van der Waals surface area contributed by atoms with Crippen LogP contribution in [0.4, 0.5) is 0 Å². The molecule has 1 aliphatic heterocycles. The third-order valence-corrected chi connectivity index (χ3v) is 3.33. The van der Waals surface area contributed by atoms with Crippen LogP contribution < -0.4 is 5.32 Å². The van der Waals surface area contributed by atoms with Crippen LogP contribution in [0.25, 0.3) is 0 Å². The van der Waals surface area contributed by atoms with E-state index >= 15 is 0 Å². The van der Waals surface area contributed by atoms with Crippen LogP contribution in [0.3, 0.4) is 0 Å². The lowest BCUT2D eigenvalue weighted by atomic mass is 10.1. The molecule has 1 aromatic heterocycles. The first-order valence-corrected chi connectivity index (χ1v) is 6.51. The Hall–Kier alpha value is -1.00. The molecule has 1 N–H and O–H groups in total.